The highest BCUT2D eigenvalue weighted by Gasteiger charge is 2.17. The Morgan fingerprint density at radius 3 is 2.25 bits per heavy atom. The first-order valence-corrected chi connectivity index (χ1v) is 10.9. The molecule has 1 aromatic heterocycles. The van der Waals surface area contributed by atoms with Crippen LogP contribution in [0.3, 0.4) is 0 Å². The number of carbonyl (C=O) groups is 1. The van der Waals surface area contributed by atoms with E-state index in [-0.39, 0.29) is 12.5 Å². The molecule has 0 aliphatic carbocycles. The van der Waals surface area contributed by atoms with Crippen molar-refractivity contribution in [3.8, 4) is 17.1 Å². The van der Waals surface area contributed by atoms with E-state index >= 15 is 0 Å². The fourth-order valence-electron chi connectivity index (χ4n) is 3.98. The zero-order valence-corrected chi connectivity index (χ0v) is 19.5. The summed E-state index contributed by atoms with van der Waals surface area (Å²) in [4.78, 5) is 12.9. The fraction of sp³-hybridized carbons (Fsp3) is 0.192. The van der Waals surface area contributed by atoms with Crippen molar-refractivity contribution in [3.05, 3.63) is 93.8 Å². The summed E-state index contributed by atoms with van der Waals surface area (Å²) in [5.74, 6) is 0.543. The molecule has 0 bridgehead atoms. The van der Waals surface area contributed by atoms with E-state index in [1.54, 1.807) is 4.68 Å². The maximum Gasteiger partial charge on any atom is 0.246 e. The van der Waals surface area contributed by atoms with Gasteiger partial charge in [-0.2, -0.15) is 5.10 Å². The fourth-order valence-corrected chi connectivity index (χ4v) is 4.27. The van der Waals surface area contributed by atoms with E-state index < -0.39 is 0 Å². The average Bonchev–Trinajstić information content (AvgIpc) is 3.07. The number of hydrogen-bond acceptors (Lipinski definition) is 3. The lowest BCUT2D eigenvalue weighted by atomic mass is 10.1. The van der Waals surface area contributed by atoms with Crippen LogP contribution in [0.5, 0.6) is 0 Å². The number of nitrogens with zero attached hydrogens (tertiary/aromatic N) is 3. The van der Waals surface area contributed by atoms with E-state index in [1.807, 2.05) is 80.8 Å². The first kappa shape index (κ1) is 21.7. The van der Waals surface area contributed by atoms with Gasteiger partial charge in [0, 0.05) is 11.3 Å². The Bertz CT molecular complexity index is 1330. The minimum Gasteiger partial charge on any atom is -0.324 e. The molecule has 0 saturated heterocycles. The van der Waals surface area contributed by atoms with E-state index in [9.17, 15) is 4.79 Å². The second-order valence-electron chi connectivity index (χ2n) is 8.13. The molecular weight excluding hydrogens is 416 g/mol. The molecular formula is C26H26N4OS. The minimum atomic E-state index is -0.162. The standard InChI is InChI=1S/C26H26N4OS/c1-17-9-8-12-22(15-17)30-25(21-10-6-5-7-11-21)28-29(26(30)32)16-23(31)27-24-19(3)13-18(2)14-20(24)4/h5-15H,16H2,1-4H3,(H,27,31). The van der Waals surface area contributed by atoms with Crippen LogP contribution in [0.4, 0.5) is 5.69 Å². The van der Waals surface area contributed by atoms with Crippen LogP contribution in [0, 0.1) is 32.5 Å². The molecule has 0 saturated carbocycles. The molecule has 32 heavy (non-hydrogen) atoms. The predicted molar refractivity (Wildman–Crippen MR) is 132 cm³/mol. The molecule has 1 N–H and O–H groups in total. The quantitative estimate of drug-likeness (QED) is 0.389. The smallest absolute Gasteiger partial charge is 0.246 e. The van der Waals surface area contributed by atoms with Gasteiger partial charge in [0.1, 0.15) is 6.54 Å². The van der Waals surface area contributed by atoms with Crippen molar-refractivity contribution in [2.24, 2.45) is 0 Å². The first-order valence-electron chi connectivity index (χ1n) is 10.5. The molecule has 162 valence electrons. The summed E-state index contributed by atoms with van der Waals surface area (Å²) < 4.78 is 3.99. The van der Waals surface area contributed by atoms with Crippen molar-refractivity contribution in [3.63, 3.8) is 0 Å². The van der Waals surface area contributed by atoms with Crippen LogP contribution in [0.25, 0.3) is 17.1 Å². The Kier molecular flexibility index (Phi) is 6.06. The lowest BCUT2D eigenvalue weighted by molar-refractivity contribution is -0.116. The number of anilines is 1. The van der Waals surface area contributed by atoms with E-state index in [0.29, 0.717) is 10.6 Å². The van der Waals surface area contributed by atoms with Crippen molar-refractivity contribution in [1.29, 1.82) is 0 Å². The number of aryl methyl sites for hydroxylation is 4. The molecule has 4 aromatic rings. The Balaban J connectivity index is 1.73. The molecule has 1 heterocycles. The summed E-state index contributed by atoms with van der Waals surface area (Å²) in [6, 6.07) is 22.1. The summed E-state index contributed by atoms with van der Waals surface area (Å²) in [7, 11) is 0. The molecule has 0 radical (unpaired) electrons. The number of nitrogens with one attached hydrogen (secondary N) is 1. The Labute approximate surface area is 193 Å². The maximum absolute atomic E-state index is 12.9. The number of rotatable bonds is 5. The van der Waals surface area contributed by atoms with E-state index in [4.69, 9.17) is 17.3 Å². The molecule has 4 rings (SSSR count). The molecule has 0 aliphatic rings. The van der Waals surface area contributed by atoms with Crippen LogP contribution in [0.15, 0.2) is 66.7 Å². The third-order valence-electron chi connectivity index (χ3n) is 5.37. The molecule has 0 spiro atoms. The van der Waals surface area contributed by atoms with Gasteiger partial charge in [-0.05, 0) is 68.7 Å². The van der Waals surface area contributed by atoms with Gasteiger partial charge in [0.05, 0.1) is 5.69 Å². The molecule has 3 aromatic carbocycles. The lowest BCUT2D eigenvalue weighted by Gasteiger charge is -2.12. The highest BCUT2D eigenvalue weighted by atomic mass is 32.1. The number of hydrogen-bond donors (Lipinski definition) is 1. The van der Waals surface area contributed by atoms with Crippen LogP contribution in [0.1, 0.15) is 22.3 Å². The third kappa shape index (κ3) is 4.41. The number of carbonyl (C=O) groups excluding carboxylic acids is 1. The van der Waals surface area contributed by atoms with Gasteiger partial charge >= 0.3 is 0 Å². The van der Waals surface area contributed by atoms with Crippen molar-refractivity contribution >= 4 is 23.8 Å². The predicted octanol–water partition coefficient (Wildman–Crippen LogP) is 5.94. The van der Waals surface area contributed by atoms with Gasteiger partial charge < -0.3 is 5.32 Å². The first-order chi connectivity index (χ1) is 15.3. The molecule has 0 fully saturated rings. The molecule has 0 aliphatic heterocycles. The summed E-state index contributed by atoms with van der Waals surface area (Å²) in [6.07, 6.45) is 0. The highest BCUT2D eigenvalue weighted by molar-refractivity contribution is 7.71. The van der Waals surface area contributed by atoms with Crippen LogP contribution in [-0.4, -0.2) is 20.3 Å². The van der Waals surface area contributed by atoms with Crippen molar-refractivity contribution in [1.82, 2.24) is 14.3 Å². The van der Waals surface area contributed by atoms with E-state index in [2.05, 4.69) is 23.5 Å². The Morgan fingerprint density at radius 2 is 1.59 bits per heavy atom. The second-order valence-corrected chi connectivity index (χ2v) is 8.49. The average molecular weight is 443 g/mol. The van der Waals surface area contributed by atoms with Crippen molar-refractivity contribution < 1.29 is 4.79 Å². The van der Waals surface area contributed by atoms with Crippen molar-refractivity contribution in [2.75, 3.05) is 5.32 Å². The molecule has 0 atom stereocenters. The zero-order valence-electron chi connectivity index (χ0n) is 18.7. The van der Waals surface area contributed by atoms with Gasteiger partial charge in [0.15, 0.2) is 5.82 Å². The van der Waals surface area contributed by atoms with Gasteiger partial charge in [-0.15, -0.1) is 0 Å². The summed E-state index contributed by atoms with van der Waals surface area (Å²) in [6.45, 7) is 8.13. The topological polar surface area (TPSA) is 51.9 Å². The zero-order chi connectivity index (χ0) is 22.8. The largest absolute Gasteiger partial charge is 0.324 e. The Morgan fingerprint density at radius 1 is 0.906 bits per heavy atom. The van der Waals surface area contributed by atoms with Crippen molar-refractivity contribution in [2.45, 2.75) is 34.2 Å². The van der Waals surface area contributed by atoms with Gasteiger partial charge in [0.25, 0.3) is 0 Å². The lowest BCUT2D eigenvalue weighted by Crippen LogP contribution is -2.21. The molecule has 0 unspecified atom stereocenters. The molecule has 1 amide bonds. The molecule has 5 nitrogen and oxygen atoms in total. The van der Waals surface area contributed by atoms with E-state index in [0.717, 1.165) is 33.6 Å². The van der Waals surface area contributed by atoms with Crippen LogP contribution < -0.4 is 5.32 Å². The van der Waals surface area contributed by atoms with Gasteiger partial charge in [-0.3, -0.25) is 9.36 Å². The number of amides is 1. The van der Waals surface area contributed by atoms with Crippen LogP contribution >= 0.6 is 12.2 Å². The number of benzene rings is 3. The number of aromatic nitrogens is 3. The second kappa shape index (κ2) is 8.93. The minimum absolute atomic E-state index is 0.0320. The Hall–Kier alpha value is -3.51. The van der Waals surface area contributed by atoms with Gasteiger partial charge in [-0.1, -0.05) is 60.2 Å². The normalized spacial score (nSPS) is 10.9. The van der Waals surface area contributed by atoms with E-state index in [1.165, 1.54) is 5.56 Å². The summed E-state index contributed by atoms with van der Waals surface area (Å²) in [5.41, 5.74) is 7.07. The maximum atomic E-state index is 12.9. The van der Waals surface area contributed by atoms with Gasteiger partial charge in [0.2, 0.25) is 10.7 Å². The van der Waals surface area contributed by atoms with Crippen LogP contribution in [-0.2, 0) is 11.3 Å². The summed E-state index contributed by atoms with van der Waals surface area (Å²) >= 11 is 5.77. The summed E-state index contributed by atoms with van der Waals surface area (Å²) in [5, 5.41) is 7.78. The molecule has 6 heteroatoms. The van der Waals surface area contributed by atoms with Gasteiger partial charge in [-0.25, -0.2) is 4.68 Å². The highest BCUT2D eigenvalue weighted by Crippen LogP contribution is 2.24. The monoisotopic (exact) mass is 442 g/mol. The SMILES string of the molecule is Cc1cccc(-n2c(-c3ccccc3)nn(CC(=O)Nc3c(C)cc(C)cc3C)c2=S)c1. The third-order valence-corrected chi connectivity index (χ3v) is 5.76. The van der Waals surface area contributed by atoms with Crippen LogP contribution in [0.2, 0.25) is 0 Å².